The molecule has 2 aliphatic heterocycles. The Morgan fingerprint density at radius 1 is 1.12 bits per heavy atom. The molecule has 2 saturated heterocycles. The lowest BCUT2D eigenvalue weighted by molar-refractivity contribution is -0.141. The zero-order chi connectivity index (χ0) is 16.8. The summed E-state index contributed by atoms with van der Waals surface area (Å²) in [5, 5.41) is 1.19. The number of hydrogen-bond donors (Lipinski definition) is 0. The number of ether oxygens (including phenoxy) is 1. The van der Waals surface area contributed by atoms with E-state index in [1.54, 1.807) is 0 Å². The van der Waals surface area contributed by atoms with Crippen LogP contribution in [-0.4, -0.2) is 65.2 Å². The first-order valence-corrected chi connectivity index (χ1v) is 9.45. The van der Waals surface area contributed by atoms with Gasteiger partial charge in [0, 0.05) is 37.4 Å². The van der Waals surface area contributed by atoms with E-state index in [2.05, 4.69) is 27.7 Å². The summed E-state index contributed by atoms with van der Waals surface area (Å²) in [5.41, 5.74) is 1.13. The number of rotatable bonds is 3. The fourth-order valence-corrected chi connectivity index (χ4v) is 4.51. The summed E-state index contributed by atoms with van der Waals surface area (Å²) in [4.78, 5) is 17.5. The summed E-state index contributed by atoms with van der Waals surface area (Å²) in [7, 11) is 0. The molecule has 1 aromatic heterocycles. The van der Waals surface area contributed by atoms with Crippen LogP contribution in [0.1, 0.15) is 12.8 Å². The van der Waals surface area contributed by atoms with Crippen LogP contribution in [-0.2, 0) is 16.1 Å². The highest BCUT2D eigenvalue weighted by Crippen LogP contribution is 2.38. The SMILES string of the molecule is O=C(Cn1ccc2ccccc21)N1CCN2[C@@H](COC[C@@H]2C2CC2)C1. The van der Waals surface area contributed by atoms with E-state index in [1.807, 2.05) is 23.2 Å². The van der Waals surface area contributed by atoms with Gasteiger partial charge in [0.1, 0.15) is 6.54 Å². The molecule has 0 bridgehead atoms. The molecular weight excluding hydrogens is 314 g/mol. The van der Waals surface area contributed by atoms with Gasteiger partial charge < -0.3 is 14.2 Å². The number of hydrogen-bond acceptors (Lipinski definition) is 3. The van der Waals surface area contributed by atoms with Crippen molar-refractivity contribution in [2.24, 2.45) is 5.92 Å². The molecule has 1 aromatic carbocycles. The monoisotopic (exact) mass is 339 g/mol. The summed E-state index contributed by atoms with van der Waals surface area (Å²) in [5.74, 6) is 1.05. The molecular formula is C20H25N3O2. The van der Waals surface area contributed by atoms with Crippen LogP contribution in [0.4, 0.5) is 0 Å². The largest absolute Gasteiger partial charge is 0.378 e. The zero-order valence-electron chi connectivity index (χ0n) is 14.5. The minimum atomic E-state index is 0.217. The molecule has 25 heavy (non-hydrogen) atoms. The second kappa shape index (κ2) is 6.15. The quantitative estimate of drug-likeness (QED) is 0.858. The van der Waals surface area contributed by atoms with Gasteiger partial charge in [0.25, 0.3) is 0 Å². The molecule has 3 fully saturated rings. The predicted molar refractivity (Wildman–Crippen MR) is 96.3 cm³/mol. The van der Waals surface area contributed by atoms with Crippen molar-refractivity contribution >= 4 is 16.8 Å². The Bertz CT molecular complexity index is 782. The lowest BCUT2D eigenvalue weighted by Crippen LogP contribution is -2.63. The standard InChI is InChI=1S/C20H25N3O2/c24-20(12-21-8-7-15-3-1-2-4-18(15)21)22-9-10-23-17(11-22)13-25-14-19(23)16-5-6-16/h1-4,7-8,16-17,19H,5-6,9-14H2/t17-,19-/m1/s1. The van der Waals surface area contributed by atoms with E-state index in [0.29, 0.717) is 18.6 Å². The van der Waals surface area contributed by atoms with Gasteiger partial charge in [-0.2, -0.15) is 0 Å². The first-order chi connectivity index (χ1) is 12.3. The summed E-state index contributed by atoms with van der Waals surface area (Å²) in [6, 6.07) is 11.3. The Balaban J connectivity index is 1.27. The van der Waals surface area contributed by atoms with Crippen LogP contribution in [0.3, 0.4) is 0 Å². The third-order valence-electron chi connectivity index (χ3n) is 6.06. The van der Waals surface area contributed by atoms with Crippen LogP contribution < -0.4 is 0 Å². The fourth-order valence-electron chi connectivity index (χ4n) is 4.51. The Labute approximate surface area is 148 Å². The highest BCUT2D eigenvalue weighted by atomic mass is 16.5. The van der Waals surface area contributed by atoms with Gasteiger partial charge in [-0.05, 0) is 36.3 Å². The van der Waals surface area contributed by atoms with Crippen LogP contribution in [0.2, 0.25) is 0 Å². The maximum Gasteiger partial charge on any atom is 0.242 e. The second-order valence-corrected chi connectivity index (χ2v) is 7.68. The first-order valence-electron chi connectivity index (χ1n) is 9.45. The number of nitrogens with zero attached hydrogens (tertiary/aromatic N) is 3. The highest BCUT2D eigenvalue weighted by molar-refractivity contribution is 5.83. The number of fused-ring (bicyclic) bond motifs is 2. The van der Waals surface area contributed by atoms with Crippen molar-refractivity contribution in [2.45, 2.75) is 31.5 Å². The molecule has 3 heterocycles. The minimum Gasteiger partial charge on any atom is -0.378 e. The lowest BCUT2D eigenvalue weighted by Gasteiger charge is -2.48. The van der Waals surface area contributed by atoms with E-state index in [-0.39, 0.29) is 5.91 Å². The Hall–Kier alpha value is -1.85. The topological polar surface area (TPSA) is 37.7 Å². The van der Waals surface area contributed by atoms with Gasteiger partial charge in [-0.15, -0.1) is 0 Å². The molecule has 2 atom stereocenters. The van der Waals surface area contributed by atoms with Gasteiger partial charge in [-0.3, -0.25) is 9.69 Å². The molecule has 132 valence electrons. The molecule has 0 unspecified atom stereocenters. The second-order valence-electron chi connectivity index (χ2n) is 7.68. The van der Waals surface area contributed by atoms with Crippen molar-refractivity contribution in [1.29, 1.82) is 0 Å². The van der Waals surface area contributed by atoms with Gasteiger partial charge in [0.15, 0.2) is 0 Å². The molecule has 5 rings (SSSR count). The molecule has 5 heteroatoms. The molecule has 1 amide bonds. The van der Waals surface area contributed by atoms with Gasteiger partial charge in [-0.25, -0.2) is 0 Å². The Kier molecular flexibility index (Phi) is 3.79. The summed E-state index contributed by atoms with van der Waals surface area (Å²) < 4.78 is 7.92. The average molecular weight is 339 g/mol. The normalized spacial score (nSPS) is 27.4. The van der Waals surface area contributed by atoms with Crippen LogP contribution in [0.25, 0.3) is 10.9 Å². The van der Waals surface area contributed by atoms with Crippen LogP contribution in [0, 0.1) is 5.92 Å². The number of carbonyl (C=O) groups is 1. The van der Waals surface area contributed by atoms with E-state index in [4.69, 9.17) is 4.74 Å². The number of carbonyl (C=O) groups excluding carboxylic acids is 1. The van der Waals surface area contributed by atoms with Gasteiger partial charge in [0.2, 0.25) is 5.91 Å². The summed E-state index contributed by atoms with van der Waals surface area (Å²) in [6.45, 7) is 4.71. The van der Waals surface area contributed by atoms with Crippen molar-refractivity contribution in [1.82, 2.24) is 14.4 Å². The number of aromatic nitrogens is 1. The number of amides is 1. The molecule has 0 N–H and O–H groups in total. The third kappa shape index (κ3) is 2.85. The van der Waals surface area contributed by atoms with Crippen molar-refractivity contribution in [3.8, 4) is 0 Å². The molecule has 2 aromatic rings. The van der Waals surface area contributed by atoms with Crippen LogP contribution in [0.5, 0.6) is 0 Å². The number of benzene rings is 1. The summed E-state index contributed by atoms with van der Waals surface area (Å²) in [6.07, 6.45) is 4.72. The molecule has 3 aliphatic rings. The smallest absolute Gasteiger partial charge is 0.242 e. The zero-order valence-corrected chi connectivity index (χ0v) is 14.5. The van der Waals surface area contributed by atoms with Crippen LogP contribution >= 0.6 is 0 Å². The van der Waals surface area contributed by atoms with E-state index in [0.717, 1.165) is 44.3 Å². The minimum absolute atomic E-state index is 0.217. The van der Waals surface area contributed by atoms with Gasteiger partial charge in [-0.1, -0.05) is 18.2 Å². The number of para-hydroxylation sites is 1. The van der Waals surface area contributed by atoms with Crippen molar-refractivity contribution in [3.05, 3.63) is 36.5 Å². The molecule has 0 radical (unpaired) electrons. The third-order valence-corrected chi connectivity index (χ3v) is 6.06. The van der Waals surface area contributed by atoms with Crippen molar-refractivity contribution < 1.29 is 9.53 Å². The molecule has 5 nitrogen and oxygen atoms in total. The maximum atomic E-state index is 12.9. The number of piperazine rings is 1. The molecule has 0 spiro atoms. The highest BCUT2D eigenvalue weighted by Gasteiger charge is 2.43. The molecule has 1 aliphatic carbocycles. The van der Waals surface area contributed by atoms with E-state index < -0.39 is 0 Å². The summed E-state index contributed by atoms with van der Waals surface area (Å²) >= 11 is 0. The maximum absolute atomic E-state index is 12.9. The van der Waals surface area contributed by atoms with Crippen molar-refractivity contribution in [2.75, 3.05) is 32.8 Å². The predicted octanol–water partition coefficient (Wildman–Crippen LogP) is 1.96. The van der Waals surface area contributed by atoms with Crippen molar-refractivity contribution in [3.63, 3.8) is 0 Å². The Morgan fingerprint density at radius 2 is 2.00 bits per heavy atom. The molecule has 1 saturated carbocycles. The van der Waals surface area contributed by atoms with E-state index in [9.17, 15) is 4.79 Å². The van der Waals surface area contributed by atoms with Crippen LogP contribution in [0.15, 0.2) is 36.5 Å². The fraction of sp³-hybridized carbons (Fsp3) is 0.550. The van der Waals surface area contributed by atoms with Gasteiger partial charge in [0.05, 0.1) is 19.3 Å². The van der Waals surface area contributed by atoms with Gasteiger partial charge >= 0.3 is 0 Å². The first kappa shape index (κ1) is 15.4. The number of morpholine rings is 1. The lowest BCUT2D eigenvalue weighted by atomic mass is 10.0. The van der Waals surface area contributed by atoms with E-state index in [1.165, 1.54) is 18.2 Å². The van der Waals surface area contributed by atoms with E-state index >= 15 is 0 Å². The Morgan fingerprint density at radius 3 is 2.88 bits per heavy atom. The average Bonchev–Trinajstić information content (AvgIpc) is 3.42.